The molecule has 1 aromatic carbocycles. The number of halogens is 1. The predicted octanol–water partition coefficient (Wildman–Crippen LogP) is 1.65. The first kappa shape index (κ1) is 17.5. The highest BCUT2D eigenvalue weighted by Crippen LogP contribution is 2.19. The fourth-order valence-electron chi connectivity index (χ4n) is 1.79. The average Bonchev–Trinajstić information content (AvgIpc) is 2.45. The van der Waals surface area contributed by atoms with E-state index in [1.807, 2.05) is 0 Å². The van der Waals surface area contributed by atoms with E-state index < -0.39 is 11.5 Å². The van der Waals surface area contributed by atoms with Gasteiger partial charge in [-0.3, -0.25) is 9.59 Å². The maximum Gasteiger partial charge on any atom is 0.227 e. The lowest BCUT2D eigenvalue weighted by atomic mass is 9.92. The summed E-state index contributed by atoms with van der Waals surface area (Å²) in [7, 11) is 1.55. The summed E-state index contributed by atoms with van der Waals surface area (Å²) in [5.41, 5.74) is -0.0737. The van der Waals surface area contributed by atoms with E-state index in [0.717, 1.165) is 0 Å². The van der Waals surface area contributed by atoms with Gasteiger partial charge in [-0.2, -0.15) is 0 Å². The van der Waals surface area contributed by atoms with Gasteiger partial charge in [-0.1, -0.05) is 23.7 Å². The third kappa shape index (κ3) is 5.36. The van der Waals surface area contributed by atoms with Crippen molar-refractivity contribution in [2.45, 2.75) is 26.4 Å². The standard InChI is InChI=1S/C15H21ClN2O3/c1-15(2,14(21)17-3)9-18-13(20)8-12(19)10-4-6-11(16)7-5-10/h4-7,12,19H,8-9H2,1-3H3,(H,17,21)(H,18,20). The molecule has 0 aliphatic rings. The number of amides is 2. The predicted molar refractivity (Wildman–Crippen MR) is 81.9 cm³/mol. The summed E-state index contributed by atoms with van der Waals surface area (Å²) in [6.07, 6.45) is -0.962. The molecule has 0 heterocycles. The van der Waals surface area contributed by atoms with Crippen molar-refractivity contribution in [1.29, 1.82) is 0 Å². The summed E-state index contributed by atoms with van der Waals surface area (Å²) >= 11 is 5.77. The van der Waals surface area contributed by atoms with Crippen LogP contribution in [0.25, 0.3) is 0 Å². The van der Waals surface area contributed by atoms with Crippen molar-refractivity contribution in [3.8, 4) is 0 Å². The number of rotatable bonds is 6. The molecular weight excluding hydrogens is 292 g/mol. The molecule has 3 N–H and O–H groups in total. The molecule has 0 aliphatic carbocycles. The van der Waals surface area contributed by atoms with Gasteiger partial charge in [0, 0.05) is 18.6 Å². The normalized spacial score (nSPS) is 12.6. The van der Waals surface area contributed by atoms with Crippen molar-refractivity contribution in [1.82, 2.24) is 10.6 Å². The zero-order valence-electron chi connectivity index (χ0n) is 12.4. The van der Waals surface area contributed by atoms with Crippen LogP contribution in [0.3, 0.4) is 0 Å². The molecular formula is C15H21ClN2O3. The lowest BCUT2D eigenvalue weighted by molar-refractivity contribution is -0.129. The van der Waals surface area contributed by atoms with Crippen LogP contribution in [0.5, 0.6) is 0 Å². The second kappa shape index (κ2) is 7.43. The Morgan fingerprint density at radius 2 is 1.86 bits per heavy atom. The lowest BCUT2D eigenvalue weighted by Gasteiger charge is -2.23. The van der Waals surface area contributed by atoms with Gasteiger partial charge in [0.2, 0.25) is 11.8 Å². The van der Waals surface area contributed by atoms with Crippen LogP contribution in [0.2, 0.25) is 5.02 Å². The van der Waals surface area contributed by atoms with Crippen molar-refractivity contribution >= 4 is 23.4 Å². The smallest absolute Gasteiger partial charge is 0.227 e. The second-order valence-electron chi connectivity index (χ2n) is 5.51. The molecule has 0 saturated carbocycles. The number of nitrogens with one attached hydrogen (secondary N) is 2. The van der Waals surface area contributed by atoms with Crippen LogP contribution in [0.4, 0.5) is 0 Å². The Bertz CT molecular complexity index is 500. The van der Waals surface area contributed by atoms with E-state index in [0.29, 0.717) is 10.6 Å². The third-order valence-corrected chi connectivity index (χ3v) is 3.45. The van der Waals surface area contributed by atoms with E-state index in [4.69, 9.17) is 11.6 Å². The highest BCUT2D eigenvalue weighted by Gasteiger charge is 2.27. The van der Waals surface area contributed by atoms with Gasteiger partial charge in [0.25, 0.3) is 0 Å². The van der Waals surface area contributed by atoms with E-state index in [9.17, 15) is 14.7 Å². The van der Waals surface area contributed by atoms with Crippen LogP contribution in [0.1, 0.15) is 31.9 Å². The number of carbonyl (C=O) groups is 2. The first-order valence-corrected chi connectivity index (χ1v) is 7.06. The maximum atomic E-state index is 11.8. The van der Waals surface area contributed by atoms with Gasteiger partial charge in [0.15, 0.2) is 0 Å². The summed E-state index contributed by atoms with van der Waals surface area (Å²) in [5, 5.41) is 15.8. The van der Waals surface area contributed by atoms with Gasteiger partial charge in [-0.15, -0.1) is 0 Å². The lowest BCUT2D eigenvalue weighted by Crippen LogP contribution is -2.43. The molecule has 6 heteroatoms. The molecule has 0 spiro atoms. The minimum absolute atomic E-state index is 0.0640. The van der Waals surface area contributed by atoms with Crippen molar-refractivity contribution in [2.75, 3.05) is 13.6 Å². The van der Waals surface area contributed by atoms with Crippen LogP contribution in [-0.4, -0.2) is 30.5 Å². The Labute approximate surface area is 129 Å². The molecule has 1 atom stereocenters. The second-order valence-corrected chi connectivity index (χ2v) is 5.95. The number of hydrogen-bond donors (Lipinski definition) is 3. The van der Waals surface area contributed by atoms with Gasteiger partial charge in [-0.05, 0) is 31.5 Å². The van der Waals surface area contributed by atoms with Crippen molar-refractivity contribution in [2.24, 2.45) is 5.41 Å². The summed E-state index contributed by atoms with van der Waals surface area (Å²) < 4.78 is 0. The van der Waals surface area contributed by atoms with E-state index in [1.54, 1.807) is 45.2 Å². The molecule has 0 aromatic heterocycles. The zero-order valence-corrected chi connectivity index (χ0v) is 13.2. The molecule has 0 aliphatic heterocycles. The summed E-state index contributed by atoms with van der Waals surface area (Å²) in [4.78, 5) is 23.4. The molecule has 0 saturated heterocycles. The Morgan fingerprint density at radius 3 is 2.38 bits per heavy atom. The minimum atomic E-state index is -0.898. The number of aliphatic hydroxyl groups is 1. The van der Waals surface area contributed by atoms with Crippen molar-refractivity contribution < 1.29 is 14.7 Å². The molecule has 1 aromatic rings. The van der Waals surface area contributed by atoms with Crippen LogP contribution in [-0.2, 0) is 9.59 Å². The van der Waals surface area contributed by atoms with Crippen LogP contribution in [0.15, 0.2) is 24.3 Å². The number of benzene rings is 1. The van der Waals surface area contributed by atoms with Crippen LogP contribution < -0.4 is 10.6 Å². The van der Waals surface area contributed by atoms with Crippen molar-refractivity contribution in [3.05, 3.63) is 34.9 Å². The third-order valence-electron chi connectivity index (χ3n) is 3.20. The van der Waals surface area contributed by atoms with E-state index >= 15 is 0 Å². The number of aliphatic hydroxyl groups excluding tert-OH is 1. The Kier molecular flexibility index (Phi) is 6.18. The fourth-order valence-corrected chi connectivity index (χ4v) is 1.91. The molecule has 5 nitrogen and oxygen atoms in total. The summed E-state index contributed by atoms with van der Waals surface area (Å²) in [6.45, 7) is 3.68. The first-order valence-electron chi connectivity index (χ1n) is 6.68. The van der Waals surface area contributed by atoms with E-state index in [1.165, 1.54) is 0 Å². The van der Waals surface area contributed by atoms with Gasteiger partial charge in [-0.25, -0.2) is 0 Å². The Morgan fingerprint density at radius 1 is 1.29 bits per heavy atom. The largest absolute Gasteiger partial charge is 0.388 e. The Hall–Kier alpha value is -1.59. The SMILES string of the molecule is CNC(=O)C(C)(C)CNC(=O)CC(O)c1ccc(Cl)cc1. The fraction of sp³-hybridized carbons (Fsp3) is 0.467. The van der Waals surface area contributed by atoms with Crippen molar-refractivity contribution in [3.63, 3.8) is 0 Å². The molecule has 21 heavy (non-hydrogen) atoms. The number of carbonyl (C=O) groups excluding carboxylic acids is 2. The molecule has 1 unspecified atom stereocenters. The van der Waals surface area contributed by atoms with Gasteiger partial charge in [0.05, 0.1) is 17.9 Å². The summed E-state index contributed by atoms with van der Waals surface area (Å²) in [6, 6.07) is 6.67. The molecule has 0 fully saturated rings. The monoisotopic (exact) mass is 312 g/mol. The topological polar surface area (TPSA) is 78.4 Å². The van der Waals surface area contributed by atoms with Crippen LogP contribution in [0, 0.1) is 5.41 Å². The van der Waals surface area contributed by atoms with E-state index in [2.05, 4.69) is 10.6 Å². The highest BCUT2D eigenvalue weighted by atomic mass is 35.5. The molecule has 1 rings (SSSR count). The molecule has 0 bridgehead atoms. The van der Waals surface area contributed by atoms with E-state index in [-0.39, 0.29) is 24.8 Å². The highest BCUT2D eigenvalue weighted by molar-refractivity contribution is 6.30. The summed E-state index contributed by atoms with van der Waals surface area (Å²) in [5.74, 6) is -0.463. The van der Waals surface area contributed by atoms with Gasteiger partial charge < -0.3 is 15.7 Å². The van der Waals surface area contributed by atoms with Gasteiger partial charge >= 0.3 is 0 Å². The maximum absolute atomic E-state index is 11.8. The van der Waals surface area contributed by atoms with Crippen LogP contribution >= 0.6 is 11.6 Å². The Balaban J connectivity index is 2.50. The quantitative estimate of drug-likeness (QED) is 0.747. The molecule has 116 valence electrons. The number of hydrogen-bond acceptors (Lipinski definition) is 3. The zero-order chi connectivity index (χ0) is 16.0. The van der Waals surface area contributed by atoms with Gasteiger partial charge in [0.1, 0.15) is 0 Å². The minimum Gasteiger partial charge on any atom is -0.388 e. The molecule has 2 amide bonds. The average molecular weight is 313 g/mol. The first-order chi connectivity index (χ1) is 9.76. The molecule has 0 radical (unpaired) electrons.